The summed E-state index contributed by atoms with van der Waals surface area (Å²) in [6, 6.07) is 15.9. The Bertz CT molecular complexity index is 679. The standard InChI is InChI=1S/C20H29N5O.HI/c1-4-21-20(22-14-9-15-26-18-11-6-5-7-12-18)23-16-17-10-8-13-19(24-17)25(2)3;/h5-8,10-13H,4,9,14-16H2,1-3H3,(H2,21,22,23);1H. The van der Waals surface area contributed by atoms with Crippen LogP contribution < -0.4 is 20.3 Å². The maximum absolute atomic E-state index is 5.70. The Morgan fingerprint density at radius 2 is 1.85 bits per heavy atom. The summed E-state index contributed by atoms with van der Waals surface area (Å²) in [5.41, 5.74) is 0.945. The number of halogens is 1. The summed E-state index contributed by atoms with van der Waals surface area (Å²) >= 11 is 0. The Kier molecular flexibility index (Phi) is 11.2. The van der Waals surface area contributed by atoms with E-state index in [1.165, 1.54) is 0 Å². The van der Waals surface area contributed by atoms with Gasteiger partial charge in [0, 0.05) is 27.2 Å². The molecular formula is C20H30IN5O. The molecule has 6 nitrogen and oxygen atoms in total. The van der Waals surface area contributed by atoms with Crippen molar-refractivity contribution in [1.29, 1.82) is 0 Å². The van der Waals surface area contributed by atoms with Gasteiger partial charge < -0.3 is 20.3 Å². The molecule has 7 heteroatoms. The SMILES string of the molecule is CCNC(=NCc1cccc(N(C)C)n1)NCCCOc1ccccc1.I. The summed E-state index contributed by atoms with van der Waals surface area (Å²) in [5, 5.41) is 6.59. The molecule has 0 saturated heterocycles. The molecule has 0 atom stereocenters. The van der Waals surface area contributed by atoms with Crippen LogP contribution in [0.5, 0.6) is 5.75 Å². The number of nitrogens with one attached hydrogen (secondary N) is 2. The van der Waals surface area contributed by atoms with Crippen molar-refractivity contribution in [3.05, 3.63) is 54.2 Å². The van der Waals surface area contributed by atoms with Crippen LogP contribution in [0.25, 0.3) is 0 Å². The lowest BCUT2D eigenvalue weighted by Gasteiger charge is -2.13. The number of ether oxygens (including phenoxy) is 1. The molecule has 0 saturated carbocycles. The third-order valence-corrected chi connectivity index (χ3v) is 3.62. The van der Waals surface area contributed by atoms with Crippen molar-refractivity contribution in [3.63, 3.8) is 0 Å². The van der Waals surface area contributed by atoms with Gasteiger partial charge >= 0.3 is 0 Å². The number of hydrogen-bond donors (Lipinski definition) is 2. The van der Waals surface area contributed by atoms with Gasteiger partial charge in [0.2, 0.25) is 0 Å². The van der Waals surface area contributed by atoms with E-state index in [-0.39, 0.29) is 24.0 Å². The van der Waals surface area contributed by atoms with E-state index in [4.69, 9.17) is 4.74 Å². The van der Waals surface area contributed by atoms with E-state index in [2.05, 4.69) is 27.5 Å². The molecular weight excluding hydrogens is 453 g/mol. The van der Waals surface area contributed by atoms with Crippen LogP contribution in [0.2, 0.25) is 0 Å². The Hall–Kier alpha value is -2.03. The molecule has 0 unspecified atom stereocenters. The van der Waals surface area contributed by atoms with Crippen LogP contribution in [0.15, 0.2) is 53.5 Å². The Balaban J connectivity index is 0.00000364. The number of guanidine groups is 1. The number of aliphatic imine (C=N–C) groups is 1. The van der Waals surface area contributed by atoms with E-state index in [1.54, 1.807) is 0 Å². The first-order valence-electron chi connectivity index (χ1n) is 9.02. The highest BCUT2D eigenvalue weighted by molar-refractivity contribution is 14.0. The number of benzene rings is 1. The van der Waals surface area contributed by atoms with E-state index in [1.807, 2.05) is 67.5 Å². The molecule has 0 radical (unpaired) electrons. The first-order chi connectivity index (χ1) is 12.7. The Labute approximate surface area is 179 Å². The highest BCUT2D eigenvalue weighted by Crippen LogP contribution is 2.09. The van der Waals surface area contributed by atoms with Gasteiger partial charge in [0.05, 0.1) is 18.8 Å². The van der Waals surface area contributed by atoms with Crippen LogP contribution >= 0.6 is 24.0 Å². The van der Waals surface area contributed by atoms with Crippen LogP contribution in [-0.2, 0) is 6.54 Å². The summed E-state index contributed by atoms with van der Waals surface area (Å²) in [5.74, 6) is 2.64. The number of nitrogens with zero attached hydrogens (tertiary/aromatic N) is 3. The number of rotatable bonds is 9. The zero-order valence-electron chi connectivity index (χ0n) is 16.3. The molecule has 2 rings (SSSR count). The van der Waals surface area contributed by atoms with Crippen LogP contribution in [0, 0.1) is 0 Å². The fraction of sp³-hybridized carbons (Fsp3) is 0.400. The molecule has 0 amide bonds. The molecule has 0 aliphatic rings. The second-order valence-corrected chi connectivity index (χ2v) is 6.02. The molecule has 148 valence electrons. The molecule has 2 N–H and O–H groups in total. The lowest BCUT2D eigenvalue weighted by atomic mass is 10.3. The van der Waals surface area contributed by atoms with E-state index in [0.29, 0.717) is 13.2 Å². The number of para-hydroxylation sites is 1. The largest absolute Gasteiger partial charge is 0.494 e. The quantitative estimate of drug-likeness (QED) is 0.248. The summed E-state index contributed by atoms with van der Waals surface area (Å²) in [7, 11) is 3.97. The van der Waals surface area contributed by atoms with Gasteiger partial charge in [0.25, 0.3) is 0 Å². The van der Waals surface area contributed by atoms with Crippen molar-refractivity contribution >= 4 is 35.8 Å². The van der Waals surface area contributed by atoms with E-state index in [0.717, 1.165) is 42.7 Å². The first kappa shape index (κ1) is 23.0. The maximum atomic E-state index is 5.70. The summed E-state index contributed by atoms with van der Waals surface area (Å²) in [6.07, 6.45) is 0.897. The molecule has 0 bridgehead atoms. The Morgan fingerprint density at radius 3 is 2.56 bits per heavy atom. The molecule has 0 fully saturated rings. The predicted molar refractivity (Wildman–Crippen MR) is 123 cm³/mol. The highest BCUT2D eigenvalue weighted by atomic mass is 127. The van der Waals surface area contributed by atoms with Gasteiger partial charge in [-0.1, -0.05) is 24.3 Å². The second-order valence-electron chi connectivity index (χ2n) is 6.02. The summed E-state index contributed by atoms with van der Waals surface area (Å²) in [4.78, 5) is 11.2. The van der Waals surface area contributed by atoms with Gasteiger partial charge in [-0.05, 0) is 37.6 Å². The minimum atomic E-state index is 0. The third-order valence-electron chi connectivity index (χ3n) is 3.62. The maximum Gasteiger partial charge on any atom is 0.191 e. The zero-order valence-corrected chi connectivity index (χ0v) is 18.6. The van der Waals surface area contributed by atoms with Crippen LogP contribution in [-0.4, -0.2) is 44.7 Å². The molecule has 0 spiro atoms. The predicted octanol–water partition coefficient (Wildman–Crippen LogP) is 3.29. The lowest BCUT2D eigenvalue weighted by molar-refractivity contribution is 0.311. The van der Waals surface area contributed by atoms with Gasteiger partial charge in [-0.15, -0.1) is 24.0 Å². The third kappa shape index (κ3) is 8.94. The summed E-state index contributed by atoms with van der Waals surface area (Å²) in [6.45, 7) is 4.88. The van der Waals surface area contributed by atoms with Crippen LogP contribution in [0.3, 0.4) is 0 Å². The number of hydrogen-bond acceptors (Lipinski definition) is 4. The van der Waals surface area contributed by atoms with Crippen molar-refractivity contribution in [3.8, 4) is 5.75 Å². The number of anilines is 1. The summed E-state index contributed by atoms with van der Waals surface area (Å²) < 4.78 is 5.70. The normalized spacial score (nSPS) is 10.7. The van der Waals surface area contributed by atoms with Crippen LogP contribution in [0.4, 0.5) is 5.82 Å². The van der Waals surface area contributed by atoms with E-state index in [9.17, 15) is 0 Å². The average Bonchev–Trinajstić information content (AvgIpc) is 2.66. The number of pyridine rings is 1. The van der Waals surface area contributed by atoms with Crippen LogP contribution in [0.1, 0.15) is 19.0 Å². The molecule has 1 aromatic carbocycles. The Morgan fingerprint density at radius 1 is 1.07 bits per heavy atom. The molecule has 1 heterocycles. The topological polar surface area (TPSA) is 61.8 Å². The smallest absolute Gasteiger partial charge is 0.191 e. The molecule has 0 aliphatic heterocycles. The van der Waals surface area contributed by atoms with Gasteiger partial charge in [-0.2, -0.15) is 0 Å². The molecule has 27 heavy (non-hydrogen) atoms. The number of aromatic nitrogens is 1. The van der Waals surface area contributed by atoms with Gasteiger partial charge in [0.1, 0.15) is 11.6 Å². The monoisotopic (exact) mass is 483 g/mol. The minimum Gasteiger partial charge on any atom is -0.494 e. The van der Waals surface area contributed by atoms with Gasteiger partial charge in [-0.25, -0.2) is 9.98 Å². The first-order valence-corrected chi connectivity index (χ1v) is 9.02. The fourth-order valence-corrected chi connectivity index (χ4v) is 2.29. The van der Waals surface area contributed by atoms with Crippen molar-refractivity contribution in [2.45, 2.75) is 19.9 Å². The van der Waals surface area contributed by atoms with Crippen molar-refractivity contribution < 1.29 is 4.74 Å². The van der Waals surface area contributed by atoms with Crippen molar-refractivity contribution in [1.82, 2.24) is 15.6 Å². The molecule has 0 aliphatic carbocycles. The van der Waals surface area contributed by atoms with Gasteiger partial charge in [0.15, 0.2) is 5.96 Å². The fourth-order valence-electron chi connectivity index (χ4n) is 2.29. The highest BCUT2D eigenvalue weighted by Gasteiger charge is 2.01. The van der Waals surface area contributed by atoms with E-state index >= 15 is 0 Å². The van der Waals surface area contributed by atoms with Crippen molar-refractivity contribution in [2.24, 2.45) is 4.99 Å². The second kappa shape index (κ2) is 13.2. The molecule has 2 aromatic rings. The average molecular weight is 483 g/mol. The van der Waals surface area contributed by atoms with Crippen molar-refractivity contribution in [2.75, 3.05) is 38.7 Å². The minimum absolute atomic E-state index is 0. The molecule has 1 aromatic heterocycles. The van der Waals surface area contributed by atoms with Gasteiger partial charge in [-0.3, -0.25) is 0 Å². The zero-order chi connectivity index (χ0) is 18.6. The van der Waals surface area contributed by atoms with E-state index < -0.39 is 0 Å². The lowest BCUT2D eigenvalue weighted by Crippen LogP contribution is -2.38.